The van der Waals surface area contributed by atoms with Gasteiger partial charge in [-0.3, -0.25) is 11.3 Å². The molecule has 2 rings (SSSR count). The van der Waals surface area contributed by atoms with Gasteiger partial charge in [0.2, 0.25) is 0 Å². The average Bonchev–Trinajstić information content (AvgIpc) is 2.39. The maximum absolute atomic E-state index is 5.88. The Balaban J connectivity index is 2.43. The summed E-state index contributed by atoms with van der Waals surface area (Å²) in [5.41, 5.74) is 5.59. The van der Waals surface area contributed by atoms with Crippen molar-refractivity contribution in [3.63, 3.8) is 0 Å². The van der Waals surface area contributed by atoms with E-state index in [4.69, 9.17) is 10.6 Å². The van der Waals surface area contributed by atoms with Gasteiger partial charge >= 0.3 is 0 Å². The summed E-state index contributed by atoms with van der Waals surface area (Å²) in [6, 6.07) is 6.52. The zero-order chi connectivity index (χ0) is 13.2. The Morgan fingerprint density at radius 2 is 2.22 bits per heavy atom. The molecule has 100 valence electrons. The number of fused-ring (bicyclic) bond motifs is 1. The average molecular weight is 248 g/mol. The molecule has 0 aromatic heterocycles. The van der Waals surface area contributed by atoms with Crippen LogP contribution in [-0.2, 0) is 6.42 Å². The summed E-state index contributed by atoms with van der Waals surface area (Å²) in [7, 11) is 0. The number of hydrogen-bond acceptors (Lipinski definition) is 3. The third kappa shape index (κ3) is 2.38. The molecule has 1 unspecified atom stereocenters. The predicted molar refractivity (Wildman–Crippen MR) is 74.4 cm³/mol. The highest BCUT2D eigenvalue weighted by Crippen LogP contribution is 2.41. The molecule has 3 nitrogen and oxygen atoms in total. The van der Waals surface area contributed by atoms with Crippen molar-refractivity contribution < 1.29 is 4.74 Å². The molecule has 1 aromatic carbocycles. The Morgan fingerprint density at radius 1 is 1.44 bits per heavy atom. The first-order chi connectivity index (χ1) is 8.60. The lowest BCUT2D eigenvalue weighted by atomic mass is 9.78. The molecule has 18 heavy (non-hydrogen) atoms. The van der Waals surface area contributed by atoms with Crippen LogP contribution >= 0.6 is 0 Å². The second kappa shape index (κ2) is 5.29. The second-order valence-corrected chi connectivity index (χ2v) is 5.73. The zero-order valence-corrected chi connectivity index (χ0v) is 11.6. The standard InChI is InChI=1S/C15H24N2O/c1-4-15(2,3)14(17-16)12-9-5-7-11-8-6-10-18-13(11)12/h5,7,9,14,17H,4,6,8,10,16H2,1-3H3. The van der Waals surface area contributed by atoms with Crippen LogP contribution in [0.2, 0.25) is 0 Å². The SMILES string of the molecule is CCC(C)(C)C(NN)c1cccc2c1OCCC2. The minimum absolute atomic E-state index is 0.102. The van der Waals surface area contributed by atoms with Crippen LogP contribution in [0.5, 0.6) is 5.75 Å². The fourth-order valence-corrected chi connectivity index (χ4v) is 2.58. The number of nitrogens with one attached hydrogen (secondary N) is 1. The van der Waals surface area contributed by atoms with E-state index in [1.54, 1.807) is 0 Å². The zero-order valence-electron chi connectivity index (χ0n) is 11.6. The van der Waals surface area contributed by atoms with Gasteiger partial charge in [-0.05, 0) is 30.2 Å². The number of hydrazine groups is 1. The Labute approximate surface area is 110 Å². The first kappa shape index (κ1) is 13.4. The second-order valence-electron chi connectivity index (χ2n) is 5.73. The molecule has 1 aliphatic heterocycles. The van der Waals surface area contributed by atoms with Crippen molar-refractivity contribution in [2.75, 3.05) is 6.61 Å². The summed E-state index contributed by atoms with van der Waals surface area (Å²) in [6.07, 6.45) is 3.27. The number of aryl methyl sites for hydroxylation is 1. The molecule has 1 heterocycles. The molecule has 1 atom stereocenters. The van der Waals surface area contributed by atoms with Gasteiger partial charge in [-0.2, -0.15) is 0 Å². The molecule has 0 aliphatic carbocycles. The molecule has 0 amide bonds. The Hall–Kier alpha value is -1.06. The number of benzene rings is 1. The molecule has 0 saturated heterocycles. The van der Waals surface area contributed by atoms with Crippen molar-refractivity contribution in [2.45, 2.75) is 46.1 Å². The van der Waals surface area contributed by atoms with Gasteiger partial charge in [0.05, 0.1) is 12.6 Å². The smallest absolute Gasteiger partial charge is 0.127 e. The van der Waals surface area contributed by atoms with E-state index in [1.165, 1.54) is 11.1 Å². The van der Waals surface area contributed by atoms with Gasteiger partial charge in [0, 0.05) is 5.56 Å². The third-order valence-corrected chi connectivity index (χ3v) is 4.13. The van der Waals surface area contributed by atoms with E-state index in [-0.39, 0.29) is 11.5 Å². The van der Waals surface area contributed by atoms with Gasteiger partial charge in [0.15, 0.2) is 0 Å². The summed E-state index contributed by atoms with van der Waals surface area (Å²) < 4.78 is 5.88. The van der Waals surface area contributed by atoms with Gasteiger partial charge in [-0.25, -0.2) is 0 Å². The van der Waals surface area contributed by atoms with Crippen LogP contribution < -0.4 is 16.0 Å². The van der Waals surface area contributed by atoms with Crippen LogP contribution in [0.1, 0.15) is 50.8 Å². The molecule has 0 bridgehead atoms. The van der Waals surface area contributed by atoms with Crippen molar-refractivity contribution in [3.05, 3.63) is 29.3 Å². The van der Waals surface area contributed by atoms with Gasteiger partial charge in [-0.15, -0.1) is 0 Å². The lowest BCUT2D eigenvalue weighted by molar-refractivity contribution is 0.221. The van der Waals surface area contributed by atoms with Gasteiger partial charge < -0.3 is 4.74 Å². The van der Waals surface area contributed by atoms with E-state index in [1.807, 2.05) is 0 Å². The number of para-hydroxylation sites is 1. The summed E-state index contributed by atoms with van der Waals surface area (Å²) in [5.74, 6) is 6.84. The summed E-state index contributed by atoms with van der Waals surface area (Å²) >= 11 is 0. The molecule has 0 fully saturated rings. The van der Waals surface area contributed by atoms with Gasteiger partial charge in [0.25, 0.3) is 0 Å². The fourth-order valence-electron chi connectivity index (χ4n) is 2.58. The van der Waals surface area contributed by atoms with Crippen molar-refractivity contribution >= 4 is 0 Å². The van der Waals surface area contributed by atoms with Crippen LogP contribution in [0.25, 0.3) is 0 Å². The Kier molecular flexibility index (Phi) is 3.93. The molecule has 3 heteroatoms. The molecule has 1 aromatic rings. The molecule has 3 N–H and O–H groups in total. The molecule has 1 aliphatic rings. The molecule has 0 radical (unpaired) electrons. The van der Waals surface area contributed by atoms with E-state index >= 15 is 0 Å². The fraction of sp³-hybridized carbons (Fsp3) is 0.600. The van der Waals surface area contributed by atoms with Gasteiger partial charge in [-0.1, -0.05) is 39.0 Å². The van der Waals surface area contributed by atoms with E-state index in [0.29, 0.717) is 0 Å². The molecular formula is C15H24N2O. The highest BCUT2D eigenvalue weighted by atomic mass is 16.5. The maximum Gasteiger partial charge on any atom is 0.127 e. The number of ether oxygens (including phenoxy) is 1. The Morgan fingerprint density at radius 3 is 2.89 bits per heavy atom. The van der Waals surface area contributed by atoms with Crippen molar-refractivity contribution in [2.24, 2.45) is 11.3 Å². The van der Waals surface area contributed by atoms with E-state index in [2.05, 4.69) is 44.4 Å². The van der Waals surface area contributed by atoms with E-state index < -0.39 is 0 Å². The first-order valence-corrected chi connectivity index (χ1v) is 6.81. The monoisotopic (exact) mass is 248 g/mol. The normalized spacial score (nSPS) is 16.9. The van der Waals surface area contributed by atoms with Crippen LogP contribution in [0.4, 0.5) is 0 Å². The molecular weight excluding hydrogens is 224 g/mol. The molecule has 0 saturated carbocycles. The van der Waals surface area contributed by atoms with Crippen LogP contribution in [0, 0.1) is 5.41 Å². The minimum atomic E-state index is 0.102. The highest BCUT2D eigenvalue weighted by Gasteiger charge is 2.31. The first-order valence-electron chi connectivity index (χ1n) is 6.81. The highest BCUT2D eigenvalue weighted by molar-refractivity contribution is 5.45. The van der Waals surface area contributed by atoms with Crippen LogP contribution in [0.3, 0.4) is 0 Å². The summed E-state index contributed by atoms with van der Waals surface area (Å²) in [4.78, 5) is 0. The lowest BCUT2D eigenvalue weighted by Crippen LogP contribution is -2.38. The van der Waals surface area contributed by atoms with E-state index in [9.17, 15) is 0 Å². The van der Waals surface area contributed by atoms with Crippen molar-refractivity contribution in [3.8, 4) is 5.75 Å². The largest absolute Gasteiger partial charge is 0.493 e. The lowest BCUT2D eigenvalue weighted by Gasteiger charge is -2.35. The third-order valence-electron chi connectivity index (χ3n) is 4.13. The summed E-state index contributed by atoms with van der Waals surface area (Å²) in [6.45, 7) is 7.48. The number of hydrogen-bond donors (Lipinski definition) is 2. The predicted octanol–water partition coefficient (Wildman–Crippen LogP) is 2.95. The quantitative estimate of drug-likeness (QED) is 0.636. The number of rotatable bonds is 4. The summed E-state index contributed by atoms with van der Waals surface area (Å²) in [5, 5.41) is 0. The van der Waals surface area contributed by atoms with Crippen molar-refractivity contribution in [1.82, 2.24) is 5.43 Å². The maximum atomic E-state index is 5.88. The Bertz CT molecular complexity index is 415. The van der Waals surface area contributed by atoms with Gasteiger partial charge in [0.1, 0.15) is 5.75 Å². The molecule has 0 spiro atoms. The topological polar surface area (TPSA) is 47.3 Å². The van der Waals surface area contributed by atoms with Crippen LogP contribution in [-0.4, -0.2) is 6.61 Å². The van der Waals surface area contributed by atoms with E-state index in [0.717, 1.165) is 31.6 Å². The minimum Gasteiger partial charge on any atom is -0.493 e. The van der Waals surface area contributed by atoms with Crippen molar-refractivity contribution in [1.29, 1.82) is 0 Å². The number of nitrogens with two attached hydrogens (primary N) is 1. The van der Waals surface area contributed by atoms with Crippen LogP contribution in [0.15, 0.2) is 18.2 Å².